The highest BCUT2D eigenvalue weighted by atomic mass is 32.2. The van der Waals surface area contributed by atoms with Gasteiger partial charge in [-0.15, -0.1) is 23.1 Å². The van der Waals surface area contributed by atoms with E-state index in [9.17, 15) is 19.2 Å². The first-order chi connectivity index (χ1) is 17.0. The number of hydrogen-bond acceptors (Lipinski definition) is 6. The largest absolute Gasteiger partial charge is 0.365 e. The summed E-state index contributed by atoms with van der Waals surface area (Å²) in [4.78, 5) is 51.6. The summed E-state index contributed by atoms with van der Waals surface area (Å²) < 4.78 is 0.393. The molecule has 0 aliphatic heterocycles. The molecule has 0 fully saturated rings. The average molecular weight is 501 g/mol. The molecule has 0 spiro atoms. The third-order valence-corrected chi connectivity index (χ3v) is 7.53. The number of nitrogens with two attached hydrogens (primary N) is 1. The smallest absolute Gasteiger partial charge is 0.255 e. The molecule has 1 aromatic heterocycles. The molecule has 4 aromatic rings. The van der Waals surface area contributed by atoms with Gasteiger partial charge in [0.1, 0.15) is 4.88 Å². The van der Waals surface area contributed by atoms with Crippen molar-refractivity contribution in [3.05, 3.63) is 118 Å². The van der Waals surface area contributed by atoms with Gasteiger partial charge in [0.2, 0.25) is 5.78 Å². The molecular formula is C27H20N2O4S2. The lowest BCUT2D eigenvalue weighted by atomic mass is 10.1. The number of thioether (sulfide) groups is 1. The maximum absolute atomic E-state index is 13.4. The molecule has 0 aliphatic carbocycles. The van der Waals surface area contributed by atoms with Crippen LogP contribution in [0, 0.1) is 0 Å². The Morgan fingerprint density at radius 2 is 1.26 bits per heavy atom. The highest BCUT2D eigenvalue weighted by Crippen LogP contribution is 2.41. The van der Waals surface area contributed by atoms with Gasteiger partial charge in [-0.1, -0.05) is 78.9 Å². The van der Waals surface area contributed by atoms with Gasteiger partial charge in [0.15, 0.2) is 5.78 Å². The fourth-order valence-electron chi connectivity index (χ4n) is 3.35. The van der Waals surface area contributed by atoms with E-state index >= 15 is 0 Å². The van der Waals surface area contributed by atoms with E-state index in [-0.39, 0.29) is 33.4 Å². The fraction of sp³-hybridized carbons (Fsp3) is 0.0370. The fourth-order valence-corrected chi connectivity index (χ4v) is 5.74. The predicted octanol–water partition coefficient (Wildman–Crippen LogP) is 5.31. The van der Waals surface area contributed by atoms with Crippen LogP contribution in [-0.2, 0) is 0 Å². The van der Waals surface area contributed by atoms with Crippen LogP contribution in [0.1, 0.15) is 46.3 Å². The molecule has 2 amide bonds. The van der Waals surface area contributed by atoms with Crippen molar-refractivity contribution in [3.8, 4) is 0 Å². The van der Waals surface area contributed by atoms with E-state index in [0.717, 1.165) is 23.1 Å². The second-order valence-corrected chi connectivity index (χ2v) is 9.69. The van der Waals surface area contributed by atoms with Crippen LogP contribution in [0.4, 0.5) is 5.69 Å². The Bertz CT molecular complexity index is 1380. The summed E-state index contributed by atoms with van der Waals surface area (Å²) in [6.07, 6.45) is 0. The molecule has 0 aliphatic rings. The standard InChI is InChI=1S/C27H20N2O4S2/c28-25(32)21-22(29-26(33)19-14-8-3-9-15-19)24(23(31)18-12-6-2-7-13-18)35-27(21)34-16-20(30)17-10-4-1-5-11-17/h1-15H,16H2,(H2,28,32)(H,29,33). The molecule has 3 aromatic carbocycles. The molecule has 0 radical (unpaired) electrons. The van der Waals surface area contributed by atoms with Crippen LogP contribution in [0.3, 0.4) is 0 Å². The van der Waals surface area contributed by atoms with Gasteiger partial charge in [-0.3, -0.25) is 19.2 Å². The summed E-state index contributed by atoms with van der Waals surface area (Å²) in [6.45, 7) is 0. The number of hydrogen-bond donors (Lipinski definition) is 2. The lowest BCUT2D eigenvalue weighted by Gasteiger charge is -2.09. The van der Waals surface area contributed by atoms with Crippen LogP contribution >= 0.6 is 23.1 Å². The van der Waals surface area contributed by atoms with E-state index in [2.05, 4.69) is 5.32 Å². The number of nitrogens with one attached hydrogen (secondary N) is 1. The molecule has 0 bridgehead atoms. The number of rotatable bonds is 9. The number of carbonyl (C=O) groups excluding carboxylic acids is 4. The lowest BCUT2D eigenvalue weighted by Crippen LogP contribution is -2.19. The van der Waals surface area contributed by atoms with E-state index < -0.39 is 11.8 Å². The van der Waals surface area contributed by atoms with Gasteiger partial charge in [0, 0.05) is 16.7 Å². The van der Waals surface area contributed by atoms with Crippen molar-refractivity contribution in [1.82, 2.24) is 0 Å². The first-order valence-electron chi connectivity index (χ1n) is 10.6. The Labute approximate surface area is 210 Å². The zero-order valence-corrected chi connectivity index (χ0v) is 20.0. The van der Waals surface area contributed by atoms with Crippen molar-refractivity contribution in [2.24, 2.45) is 5.73 Å². The number of anilines is 1. The highest BCUT2D eigenvalue weighted by molar-refractivity contribution is 8.01. The van der Waals surface area contributed by atoms with E-state index in [1.807, 2.05) is 6.07 Å². The summed E-state index contributed by atoms with van der Waals surface area (Å²) in [7, 11) is 0. The quantitative estimate of drug-likeness (QED) is 0.239. The minimum absolute atomic E-state index is 0.0180. The van der Waals surface area contributed by atoms with Gasteiger partial charge >= 0.3 is 0 Å². The summed E-state index contributed by atoms with van der Waals surface area (Å²) >= 11 is 2.15. The molecule has 0 atom stereocenters. The van der Waals surface area contributed by atoms with E-state index in [0.29, 0.717) is 20.9 Å². The minimum Gasteiger partial charge on any atom is -0.365 e. The molecule has 0 saturated carbocycles. The van der Waals surface area contributed by atoms with Crippen LogP contribution in [-0.4, -0.2) is 29.1 Å². The Hall–Kier alpha value is -4.01. The average Bonchev–Trinajstić information content (AvgIpc) is 3.26. The van der Waals surface area contributed by atoms with Gasteiger partial charge in [0.05, 0.1) is 21.2 Å². The van der Waals surface area contributed by atoms with Crippen LogP contribution in [0.15, 0.2) is 95.2 Å². The maximum Gasteiger partial charge on any atom is 0.255 e. The normalized spacial score (nSPS) is 10.5. The third-order valence-electron chi connectivity index (χ3n) is 5.07. The number of Topliss-reactive ketones (excluding diaryl/α,β-unsaturated/α-hetero) is 1. The Morgan fingerprint density at radius 1 is 0.743 bits per heavy atom. The van der Waals surface area contributed by atoms with Crippen molar-refractivity contribution >= 4 is 52.2 Å². The van der Waals surface area contributed by atoms with E-state index in [1.165, 1.54) is 0 Å². The van der Waals surface area contributed by atoms with E-state index in [1.54, 1.807) is 84.9 Å². The molecule has 0 saturated heterocycles. The molecular weight excluding hydrogens is 480 g/mol. The number of thiophene rings is 1. The minimum atomic E-state index is -0.800. The number of primary amides is 1. The molecule has 3 N–H and O–H groups in total. The first-order valence-corrected chi connectivity index (χ1v) is 12.4. The summed E-state index contributed by atoms with van der Waals surface area (Å²) in [5.74, 6) is -1.74. The van der Waals surface area contributed by atoms with Crippen LogP contribution in [0.25, 0.3) is 0 Å². The molecule has 4 rings (SSSR count). The number of amides is 2. The number of benzene rings is 3. The van der Waals surface area contributed by atoms with Crippen LogP contribution in [0.2, 0.25) is 0 Å². The second-order valence-electron chi connectivity index (χ2n) is 7.43. The van der Waals surface area contributed by atoms with Crippen molar-refractivity contribution in [2.45, 2.75) is 4.21 Å². The Balaban J connectivity index is 1.73. The lowest BCUT2D eigenvalue weighted by molar-refractivity contribution is 0.0994. The molecule has 174 valence electrons. The SMILES string of the molecule is NC(=O)c1c(SCC(=O)c2ccccc2)sc(C(=O)c2ccccc2)c1NC(=O)c1ccccc1. The van der Waals surface area contributed by atoms with E-state index in [4.69, 9.17) is 5.73 Å². The van der Waals surface area contributed by atoms with Gasteiger partial charge in [-0.2, -0.15) is 0 Å². The molecule has 6 nitrogen and oxygen atoms in total. The summed E-state index contributed by atoms with van der Waals surface area (Å²) in [5.41, 5.74) is 7.08. The van der Waals surface area contributed by atoms with Gasteiger partial charge in [-0.25, -0.2) is 0 Å². The van der Waals surface area contributed by atoms with Crippen molar-refractivity contribution in [1.29, 1.82) is 0 Å². The molecule has 8 heteroatoms. The predicted molar refractivity (Wildman–Crippen MR) is 139 cm³/mol. The number of ketones is 2. The molecule has 1 heterocycles. The van der Waals surface area contributed by atoms with Gasteiger partial charge in [0.25, 0.3) is 11.8 Å². The molecule has 35 heavy (non-hydrogen) atoms. The van der Waals surface area contributed by atoms with Gasteiger partial charge < -0.3 is 11.1 Å². The third kappa shape index (κ3) is 5.56. The summed E-state index contributed by atoms with van der Waals surface area (Å²) in [5, 5.41) is 2.72. The highest BCUT2D eigenvalue weighted by Gasteiger charge is 2.29. The molecule has 0 unspecified atom stereocenters. The maximum atomic E-state index is 13.4. The Kier molecular flexibility index (Phi) is 7.54. The van der Waals surface area contributed by atoms with Crippen molar-refractivity contribution in [3.63, 3.8) is 0 Å². The van der Waals surface area contributed by atoms with Crippen LogP contribution < -0.4 is 11.1 Å². The second kappa shape index (κ2) is 10.9. The zero-order valence-electron chi connectivity index (χ0n) is 18.4. The Morgan fingerprint density at radius 3 is 1.80 bits per heavy atom. The number of carbonyl (C=O) groups is 4. The first kappa shape index (κ1) is 24.1. The zero-order chi connectivity index (χ0) is 24.8. The van der Waals surface area contributed by atoms with Crippen molar-refractivity contribution < 1.29 is 19.2 Å². The topological polar surface area (TPSA) is 106 Å². The van der Waals surface area contributed by atoms with Crippen molar-refractivity contribution in [2.75, 3.05) is 11.1 Å². The monoisotopic (exact) mass is 500 g/mol. The van der Waals surface area contributed by atoms with Crippen LogP contribution in [0.5, 0.6) is 0 Å². The van der Waals surface area contributed by atoms with Gasteiger partial charge in [-0.05, 0) is 12.1 Å². The summed E-state index contributed by atoms with van der Waals surface area (Å²) in [6, 6.07) is 25.8.